The molecular formula is C11H14BrN3O3S. The number of hydrogen-bond donors (Lipinski definition) is 1. The second-order valence-corrected chi connectivity index (χ2v) is 7.26. The summed E-state index contributed by atoms with van der Waals surface area (Å²) in [5.41, 5.74) is 0.435. The van der Waals surface area contributed by atoms with Crippen LogP contribution in [0.3, 0.4) is 0 Å². The number of carbonyl (C=O) groups is 1. The van der Waals surface area contributed by atoms with Crippen LogP contribution in [0.25, 0.3) is 0 Å². The van der Waals surface area contributed by atoms with Crippen LogP contribution in [0.4, 0.5) is 0 Å². The number of sulfonamides is 1. The molecule has 0 radical (unpaired) electrons. The minimum Gasteiger partial charge on any atom is -0.337 e. The molecular weight excluding hydrogens is 334 g/mol. The lowest BCUT2D eigenvalue weighted by molar-refractivity contribution is 0.0726. The normalized spacial score (nSPS) is 20.3. The van der Waals surface area contributed by atoms with Crippen LogP contribution in [0.15, 0.2) is 22.9 Å². The number of hydrogen-bond acceptors (Lipinski definition) is 4. The third-order valence-corrected chi connectivity index (χ3v) is 4.83. The lowest BCUT2D eigenvalue weighted by atomic mass is 10.1. The Labute approximate surface area is 120 Å². The number of aromatic nitrogens is 1. The second kappa shape index (κ2) is 5.56. The van der Waals surface area contributed by atoms with Gasteiger partial charge in [-0.25, -0.2) is 13.6 Å². The Morgan fingerprint density at radius 3 is 2.84 bits per heavy atom. The first-order valence-electron chi connectivity index (χ1n) is 5.79. The average Bonchev–Trinajstić information content (AvgIpc) is 2.37. The molecule has 1 atom stereocenters. The number of primary sulfonamides is 1. The quantitative estimate of drug-likeness (QED) is 0.853. The summed E-state index contributed by atoms with van der Waals surface area (Å²) in [4.78, 5) is 17.7. The number of pyridine rings is 1. The average molecular weight is 348 g/mol. The highest BCUT2D eigenvalue weighted by atomic mass is 79.9. The molecule has 2 rings (SSSR count). The number of carbonyl (C=O) groups excluding carboxylic acids is 1. The van der Waals surface area contributed by atoms with Gasteiger partial charge in [0.15, 0.2) is 0 Å². The molecule has 0 unspecified atom stereocenters. The molecule has 104 valence electrons. The van der Waals surface area contributed by atoms with Gasteiger partial charge in [-0.15, -0.1) is 0 Å². The van der Waals surface area contributed by atoms with E-state index in [-0.39, 0.29) is 12.5 Å². The van der Waals surface area contributed by atoms with Crippen molar-refractivity contribution in [1.82, 2.24) is 9.88 Å². The minimum atomic E-state index is -3.60. The van der Waals surface area contributed by atoms with E-state index in [0.717, 1.165) is 0 Å². The molecule has 1 aliphatic heterocycles. The Hall–Kier alpha value is -0.990. The van der Waals surface area contributed by atoms with Crippen LogP contribution in [-0.4, -0.2) is 42.5 Å². The minimum absolute atomic E-state index is 0.143. The topological polar surface area (TPSA) is 93.4 Å². The van der Waals surface area contributed by atoms with Crippen molar-refractivity contribution in [3.8, 4) is 0 Å². The highest BCUT2D eigenvalue weighted by Crippen LogP contribution is 2.18. The molecule has 1 saturated heterocycles. The molecule has 0 bridgehead atoms. The SMILES string of the molecule is NS(=O)(=O)[C@H]1CCCN(C(=O)c2cncc(Br)c2)C1. The maximum Gasteiger partial charge on any atom is 0.255 e. The van der Waals surface area contributed by atoms with Gasteiger partial charge >= 0.3 is 0 Å². The van der Waals surface area contributed by atoms with Crippen molar-refractivity contribution >= 4 is 31.9 Å². The van der Waals surface area contributed by atoms with Gasteiger partial charge in [-0.3, -0.25) is 9.78 Å². The van der Waals surface area contributed by atoms with E-state index >= 15 is 0 Å². The lowest BCUT2D eigenvalue weighted by Crippen LogP contribution is -2.47. The summed E-state index contributed by atoms with van der Waals surface area (Å²) in [6, 6.07) is 1.66. The maximum atomic E-state index is 12.3. The Morgan fingerprint density at radius 1 is 1.47 bits per heavy atom. The molecule has 0 aromatic carbocycles. The summed E-state index contributed by atoms with van der Waals surface area (Å²) >= 11 is 3.25. The van der Waals surface area contributed by atoms with Crippen molar-refractivity contribution in [1.29, 1.82) is 0 Å². The molecule has 0 saturated carbocycles. The first-order chi connectivity index (χ1) is 8.88. The summed E-state index contributed by atoms with van der Waals surface area (Å²) in [6.07, 6.45) is 4.18. The number of piperidine rings is 1. The molecule has 0 aliphatic carbocycles. The van der Waals surface area contributed by atoms with Gasteiger partial charge in [-0.05, 0) is 34.8 Å². The fraction of sp³-hybridized carbons (Fsp3) is 0.455. The highest BCUT2D eigenvalue weighted by molar-refractivity contribution is 9.10. The number of amides is 1. The van der Waals surface area contributed by atoms with Crippen LogP contribution in [-0.2, 0) is 10.0 Å². The molecule has 19 heavy (non-hydrogen) atoms. The van der Waals surface area contributed by atoms with Gasteiger partial charge < -0.3 is 4.90 Å². The molecule has 0 spiro atoms. The van der Waals surface area contributed by atoms with Crippen molar-refractivity contribution in [3.05, 3.63) is 28.5 Å². The summed E-state index contributed by atoms with van der Waals surface area (Å²) in [6.45, 7) is 0.682. The zero-order valence-electron chi connectivity index (χ0n) is 10.1. The molecule has 1 aromatic rings. The third-order valence-electron chi connectivity index (χ3n) is 3.08. The Balaban J connectivity index is 2.16. The number of nitrogens with two attached hydrogens (primary N) is 1. The van der Waals surface area contributed by atoms with Crippen LogP contribution < -0.4 is 5.14 Å². The molecule has 1 amide bonds. The number of likely N-dealkylation sites (tertiary alicyclic amines) is 1. The van der Waals surface area contributed by atoms with Gasteiger partial charge in [-0.1, -0.05) is 0 Å². The molecule has 2 heterocycles. The van der Waals surface area contributed by atoms with Gasteiger partial charge in [0.2, 0.25) is 10.0 Å². The van der Waals surface area contributed by atoms with Crippen molar-refractivity contribution in [2.75, 3.05) is 13.1 Å². The van der Waals surface area contributed by atoms with Gasteiger partial charge in [0, 0.05) is 30.0 Å². The van der Waals surface area contributed by atoms with Crippen molar-refractivity contribution < 1.29 is 13.2 Å². The number of nitrogens with zero attached hydrogens (tertiary/aromatic N) is 2. The van der Waals surface area contributed by atoms with E-state index < -0.39 is 15.3 Å². The Morgan fingerprint density at radius 2 is 2.21 bits per heavy atom. The van der Waals surface area contributed by atoms with Gasteiger partial charge in [0.1, 0.15) is 0 Å². The molecule has 1 fully saturated rings. The van der Waals surface area contributed by atoms with E-state index in [2.05, 4.69) is 20.9 Å². The van der Waals surface area contributed by atoms with Crippen molar-refractivity contribution in [2.24, 2.45) is 5.14 Å². The predicted octanol–water partition coefficient (Wildman–Crippen LogP) is 0.737. The number of halogens is 1. The van der Waals surface area contributed by atoms with E-state index in [0.29, 0.717) is 29.4 Å². The molecule has 8 heteroatoms. The van der Waals surface area contributed by atoms with E-state index in [4.69, 9.17) is 5.14 Å². The number of rotatable bonds is 2. The molecule has 2 N–H and O–H groups in total. The van der Waals surface area contributed by atoms with E-state index in [1.807, 2.05) is 0 Å². The van der Waals surface area contributed by atoms with Gasteiger partial charge in [-0.2, -0.15) is 0 Å². The third kappa shape index (κ3) is 3.52. The zero-order valence-corrected chi connectivity index (χ0v) is 12.5. The molecule has 1 aromatic heterocycles. The van der Waals surface area contributed by atoms with Crippen LogP contribution in [0.2, 0.25) is 0 Å². The predicted molar refractivity (Wildman–Crippen MR) is 74.0 cm³/mol. The fourth-order valence-corrected chi connectivity index (χ4v) is 3.35. The van der Waals surface area contributed by atoms with Gasteiger partial charge in [0.25, 0.3) is 5.91 Å². The van der Waals surface area contributed by atoms with E-state index in [1.165, 1.54) is 11.1 Å². The van der Waals surface area contributed by atoms with Crippen LogP contribution in [0.1, 0.15) is 23.2 Å². The standard InChI is InChI=1S/C11H14BrN3O3S/c12-9-4-8(5-14-6-9)11(16)15-3-1-2-10(7-15)19(13,17)18/h4-6,10H,1-3,7H2,(H2,13,17,18)/t10-/m0/s1. The monoisotopic (exact) mass is 347 g/mol. The van der Waals surface area contributed by atoms with Crippen LogP contribution in [0, 0.1) is 0 Å². The first-order valence-corrected chi connectivity index (χ1v) is 8.19. The first kappa shape index (κ1) is 14.4. The zero-order chi connectivity index (χ0) is 14.0. The Bertz CT molecular complexity index is 591. The second-order valence-electron chi connectivity index (χ2n) is 4.50. The fourth-order valence-electron chi connectivity index (χ4n) is 2.10. The van der Waals surface area contributed by atoms with Gasteiger partial charge in [0.05, 0.1) is 10.8 Å². The van der Waals surface area contributed by atoms with Crippen molar-refractivity contribution in [2.45, 2.75) is 18.1 Å². The summed E-state index contributed by atoms with van der Waals surface area (Å²) in [5, 5.41) is 4.47. The molecule has 1 aliphatic rings. The largest absolute Gasteiger partial charge is 0.337 e. The molecule has 6 nitrogen and oxygen atoms in total. The van der Waals surface area contributed by atoms with E-state index in [1.54, 1.807) is 12.3 Å². The smallest absolute Gasteiger partial charge is 0.255 e. The van der Waals surface area contributed by atoms with Crippen LogP contribution >= 0.6 is 15.9 Å². The van der Waals surface area contributed by atoms with E-state index in [9.17, 15) is 13.2 Å². The lowest BCUT2D eigenvalue weighted by Gasteiger charge is -2.31. The summed E-state index contributed by atoms with van der Waals surface area (Å²) in [7, 11) is -3.60. The van der Waals surface area contributed by atoms with Crippen LogP contribution in [0.5, 0.6) is 0 Å². The summed E-state index contributed by atoms with van der Waals surface area (Å²) in [5.74, 6) is -0.220. The maximum absolute atomic E-state index is 12.3. The van der Waals surface area contributed by atoms with Crippen molar-refractivity contribution in [3.63, 3.8) is 0 Å². The summed E-state index contributed by atoms with van der Waals surface area (Å²) < 4.78 is 23.4. The Kier molecular flexibility index (Phi) is 4.22. The highest BCUT2D eigenvalue weighted by Gasteiger charge is 2.30.